The number of likely N-dealkylation sites (N-methyl/N-ethyl adjacent to an activating group) is 1. The summed E-state index contributed by atoms with van der Waals surface area (Å²) in [7, 11) is 1.88. The van der Waals surface area contributed by atoms with Gasteiger partial charge in [-0.15, -0.1) is 0 Å². The summed E-state index contributed by atoms with van der Waals surface area (Å²) in [6.45, 7) is 3.78. The first-order valence-corrected chi connectivity index (χ1v) is 6.44. The lowest BCUT2D eigenvalue weighted by atomic mass is 10.1. The van der Waals surface area contributed by atoms with E-state index in [0.29, 0.717) is 13.1 Å². The molecule has 0 saturated heterocycles. The fourth-order valence-corrected chi connectivity index (χ4v) is 1.67. The molecular formula is C13H19F3N4O. The molecule has 0 atom stereocenters. The number of carbonyl (C=O) groups excluding carboxylic acids is 1. The molecule has 1 aromatic rings. The maximum atomic E-state index is 12.8. The normalized spacial score (nSPS) is 11.6. The summed E-state index contributed by atoms with van der Waals surface area (Å²) in [5, 5.41) is 2.58. The van der Waals surface area contributed by atoms with Gasteiger partial charge in [-0.05, 0) is 31.8 Å². The molecule has 0 fully saturated rings. The Morgan fingerprint density at radius 1 is 1.38 bits per heavy atom. The summed E-state index contributed by atoms with van der Waals surface area (Å²) >= 11 is 0. The summed E-state index contributed by atoms with van der Waals surface area (Å²) in [4.78, 5) is 13.8. The van der Waals surface area contributed by atoms with Crippen LogP contribution in [-0.4, -0.2) is 37.5 Å². The summed E-state index contributed by atoms with van der Waals surface area (Å²) in [5.41, 5.74) is 0.678. The predicted molar refractivity (Wildman–Crippen MR) is 74.8 cm³/mol. The van der Waals surface area contributed by atoms with Gasteiger partial charge in [0.2, 0.25) is 0 Å². The number of nitrogens with zero attached hydrogens (tertiary/aromatic N) is 1. The number of carbonyl (C=O) groups is 1. The highest BCUT2D eigenvalue weighted by molar-refractivity contribution is 5.95. The molecule has 0 spiro atoms. The number of halogens is 3. The molecule has 118 valence electrons. The second-order valence-corrected chi connectivity index (χ2v) is 4.55. The zero-order chi connectivity index (χ0) is 16.0. The minimum absolute atomic E-state index is 0.0551. The molecule has 0 aliphatic carbocycles. The number of rotatable bonds is 6. The quantitative estimate of drug-likeness (QED) is 0.552. The van der Waals surface area contributed by atoms with Gasteiger partial charge >= 0.3 is 6.18 Å². The molecule has 1 rings (SSSR count). The van der Waals surface area contributed by atoms with Gasteiger partial charge in [0.1, 0.15) is 0 Å². The minimum atomic E-state index is -4.58. The van der Waals surface area contributed by atoms with E-state index in [1.807, 2.05) is 24.3 Å². The lowest BCUT2D eigenvalue weighted by Gasteiger charge is -2.15. The molecule has 8 heteroatoms. The summed E-state index contributed by atoms with van der Waals surface area (Å²) in [5.74, 6) is 4.50. The third kappa shape index (κ3) is 4.91. The zero-order valence-corrected chi connectivity index (χ0v) is 11.9. The van der Waals surface area contributed by atoms with Gasteiger partial charge in [0, 0.05) is 18.7 Å². The van der Waals surface area contributed by atoms with Crippen LogP contribution in [0.25, 0.3) is 0 Å². The van der Waals surface area contributed by atoms with Crippen LogP contribution >= 0.6 is 0 Å². The van der Waals surface area contributed by atoms with Crippen LogP contribution in [-0.2, 0) is 6.18 Å². The zero-order valence-electron chi connectivity index (χ0n) is 11.9. The number of nitrogens with one attached hydrogen (secondary N) is 2. The van der Waals surface area contributed by atoms with Gasteiger partial charge in [0.15, 0.2) is 0 Å². The number of hydrazine groups is 1. The van der Waals surface area contributed by atoms with Crippen molar-refractivity contribution in [3.8, 4) is 0 Å². The van der Waals surface area contributed by atoms with E-state index in [4.69, 9.17) is 5.84 Å². The molecule has 0 radical (unpaired) electrons. The van der Waals surface area contributed by atoms with Crippen LogP contribution in [0.5, 0.6) is 0 Å². The molecule has 0 heterocycles. The van der Waals surface area contributed by atoms with Crippen LogP contribution in [0.2, 0.25) is 0 Å². The Labute approximate surface area is 121 Å². The molecule has 5 nitrogen and oxygen atoms in total. The van der Waals surface area contributed by atoms with Crippen molar-refractivity contribution >= 4 is 11.6 Å². The van der Waals surface area contributed by atoms with Crippen molar-refractivity contribution in [2.75, 3.05) is 32.1 Å². The highest BCUT2D eigenvalue weighted by atomic mass is 19.4. The van der Waals surface area contributed by atoms with Crippen molar-refractivity contribution in [2.24, 2.45) is 5.84 Å². The average Bonchev–Trinajstić information content (AvgIpc) is 2.45. The molecule has 0 unspecified atom stereocenters. The number of hydrogen-bond acceptors (Lipinski definition) is 4. The van der Waals surface area contributed by atoms with Crippen molar-refractivity contribution in [1.29, 1.82) is 0 Å². The van der Waals surface area contributed by atoms with Gasteiger partial charge in [-0.25, -0.2) is 0 Å². The third-order valence-corrected chi connectivity index (χ3v) is 3.06. The van der Waals surface area contributed by atoms with E-state index >= 15 is 0 Å². The number of amides is 1. The highest BCUT2D eigenvalue weighted by Crippen LogP contribution is 2.35. The number of anilines is 1. The SMILES string of the molecule is CCN(C)CCNC(=O)c1ccc(NN)c(C(F)(F)F)c1. The van der Waals surface area contributed by atoms with Gasteiger partial charge in [-0.3, -0.25) is 10.6 Å². The molecule has 0 saturated carbocycles. The largest absolute Gasteiger partial charge is 0.418 e. The van der Waals surface area contributed by atoms with Crippen LogP contribution in [0.1, 0.15) is 22.8 Å². The molecular weight excluding hydrogens is 285 g/mol. The van der Waals surface area contributed by atoms with Gasteiger partial charge in [0.05, 0.1) is 11.3 Å². The Balaban J connectivity index is 2.82. The van der Waals surface area contributed by atoms with Crippen molar-refractivity contribution in [3.05, 3.63) is 29.3 Å². The summed E-state index contributed by atoms with van der Waals surface area (Å²) in [6, 6.07) is 3.22. The van der Waals surface area contributed by atoms with Crippen LogP contribution in [0.15, 0.2) is 18.2 Å². The Morgan fingerprint density at radius 3 is 2.57 bits per heavy atom. The van der Waals surface area contributed by atoms with Crippen molar-refractivity contribution in [2.45, 2.75) is 13.1 Å². The molecule has 0 aliphatic rings. The molecule has 1 amide bonds. The van der Waals surface area contributed by atoms with Crippen molar-refractivity contribution in [3.63, 3.8) is 0 Å². The Hall–Kier alpha value is -1.80. The van der Waals surface area contributed by atoms with E-state index in [0.717, 1.165) is 18.7 Å². The maximum Gasteiger partial charge on any atom is 0.418 e. The van der Waals surface area contributed by atoms with Crippen LogP contribution in [0.4, 0.5) is 18.9 Å². The lowest BCUT2D eigenvalue weighted by Crippen LogP contribution is -2.33. The number of alkyl halides is 3. The molecule has 0 aromatic heterocycles. The minimum Gasteiger partial charge on any atom is -0.351 e. The molecule has 4 N–H and O–H groups in total. The van der Waals surface area contributed by atoms with Crippen molar-refractivity contribution in [1.82, 2.24) is 10.2 Å². The smallest absolute Gasteiger partial charge is 0.351 e. The second kappa shape index (κ2) is 7.28. The number of benzene rings is 1. The van der Waals surface area contributed by atoms with E-state index in [-0.39, 0.29) is 11.3 Å². The second-order valence-electron chi connectivity index (χ2n) is 4.55. The van der Waals surface area contributed by atoms with Gasteiger partial charge in [-0.2, -0.15) is 13.2 Å². The van der Waals surface area contributed by atoms with E-state index in [2.05, 4.69) is 5.32 Å². The van der Waals surface area contributed by atoms with E-state index < -0.39 is 17.6 Å². The monoisotopic (exact) mass is 304 g/mol. The highest BCUT2D eigenvalue weighted by Gasteiger charge is 2.34. The summed E-state index contributed by atoms with van der Waals surface area (Å²) < 4.78 is 38.5. The molecule has 1 aromatic carbocycles. The number of hydrogen-bond donors (Lipinski definition) is 3. The third-order valence-electron chi connectivity index (χ3n) is 3.06. The van der Waals surface area contributed by atoms with Gasteiger partial charge < -0.3 is 15.6 Å². The van der Waals surface area contributed by atoms with E-state index in [9.17, 15) is 18.0 Å². The van der Waals surface area contributed by atoms with Crippen LogP contribution in [0.3, 0.4) is 0 Å². The van der Waals surface area contributed by atoms with E-state index in [1.165, 1.54) is 6.07 Å². The fraction of sp³-hybridized carbons (Fsp3) is 0.462. The van der Waals surface area contributed by atoms with Crippen molar-refractivity contribution < 1.29 is 18.0 Å². The Kier molecular flexibility index (Phi) is 5.98. The molecule has 0 bridgehead atoms. The first kappa shape index (κ1) is 17.3. The standard InChI is InChI=1S/C13H19F3N4O/c1-3-20(2)7-6-18-12(21)9-4-5-11(19-17)10(8-9)13(14,15)16/h4-5,8,19H,3,6-7,17H2,1-2H3,(H,18,21). The number of nitrogen functional groups attached to an aromatic ring is 1. The predicted octanol–water partition coefficient (Wildman–Crippen LogP) is 1.67. The number of nitrogens with two attached hydrogens (primary N) is 1. The van der Waals surface area contributed by atoms with Crippen LogP contribution < -0.4 is 16.6 Å². The Bertz CT molecular complexity index is 491. The topological polar surface area (TPSA) is 70.4 Å². The first-order valence-electron chi connectivity index (χ1n) is 6.44. The maximum absolute atomic E-state index is 12.8. The molecule has 0 aliphatic heterocycles. The Morgan fingerprint density at radius 2 is 2.05 bits per heavy atom. The first-order chi connectivity index (χ1) is 9.79. The summed E-state index contributed by atoms with van der Waals surface area (Å²) in [6.07, 6.45) is -4.58. The van der Waals surface area contributed by atoms with Gasteiger partial charge in [-0.1, -0.05) is 6.92 Å². The van der Waals surface area contributed by atoms with E-state index in [1.54, 1.807) is 0 Å². The fourth-order valence-electron chi connectivity index (χ4n) is 1.67. The van der Waals surface area contributed by atoms with Crippen LogP contribution in [0, 0.1) is 0 Å². The van der Waals surface area contributed by atoms with Gasteiger partial charge in [0.25, 0.3) is 5.91 Å². The average molecular weight is 304 g/mol. The lowest BCUT2D eigenvalue weighted by molar-refractivity contribution is -0.137. The molecule has 21 heavy (non-hydrogen) atoms.